The molecule has 0 saturated heterocycles. The molecule has 1 aromatic rings. The van der Waals surface area contributed by atoms with Crippen LogP contribution in [0.25, 0.3) is 0 Å². The lowest BCUT2D eigenvalue weighted by Gasteiger charge is -2.56. The highest BCUT2D eigenvalue weighted by Crippen LogP contribution is 2.55. The smallest absolute Gasteiger partial charge is 0.230 e. The summed E-state index contributed by atoms with van der Waals surface area (Å²) in [5, 5.41) is 13.7. The zero-order chi connectivity index (χ0) is 22.3. The van der Waals surface area contributed by atoms with Crippen molar-refractivity contribution in [3.63, 3.8) is 0 Å². The average Bonchev–Trinajstić information content (AvgIpc) is 3.15. The monoisotopic (exact) mass is 459 g/mol. The number of rotatable bonds is 8. The van der Waals surface area contributed by atoms with Crippen LogP contribution in [0.1, 0.15) is 102 Å². The zero-order valence-corrected chi connectivity index (χ0v) is 21.0. The van der Waals surface area contributed by atoms with Crippen molar-refractivity contribution in [2.75, 3.05) is 19.8 Å². The van der Waals surface area contributed by atoms with E-state index < -0.39 is 0 Å². The minimum atomic E-state index is 0.0901. The van der Waals surface area contributed by atoms with Gasteiger partial charge in [-0.3, -0.25) is 9.69 Å². The summed E-state index contributed by atoms with van der Waals surface area (Å²) < 4.78 is 2.40. The van der Waals surface area contributed by atoms with Crippen LogP contribution < -0.4 is 5.32 Å². The third-order valence-corrected chi connectivity index (χ3v) is 9.66. The molecule has 0 spiro atoms. The number of thioether (sulfide) groups is 1. The van der Waals surface area contributed by atoms with E-state index in [0.29, 0.717) is 11.8 Å². The molecule has 7 heteroatoms. The lowest BCUT2D eigenvalue weighted by Crippen LogP contribution is -2.60. The van der Waals surface area contributed by atoms with Crippen LogP contribution >= 0.6 is 11.8 Å². The van der Waals surface area contributed by atoms with E-state index in [4.69, 9.17) is 0 Å². The third kappa shape index (κ3) is 4.48. The topological polar surface area (TPSA) is 63.1 Å². The Morgan fingerprint density at radius 2 is 1.72 bits per heavy atom. The standard InChI is InChI=1S/C25H41N5OS/c1-4-21(29(2)3)23-27-28-24(30(23)20-8-6-5-7-9-20)32-16-22(31)26-25-13-17-10-18(14-25)12-19(11-17)15-25/h17-21H,4-16H2,1-3H3,(H,26,31)/t17?,18?,19?,21-,25?/m0/s1. The number of nitrogens with zero attached hydrogens (tertiary/aromatic N) is 4. The maximum absolute atomic E-state index is 13.1. The summed E-state index contributed by atoms with van der Waals surface area (Å²) in [6.07, 6.45) is 15.1. The molecular formula is C25H41N5OS. The quantitative estimate of drug-likeness (QED) is 0.556. The summed E-state index contributed by atoms with van der Waals surface area (Å²) in [5.74, 6) is 4.27. The number of aromatic nitrogens is 3. The first-order chi connectivity index (χ1) is 15.5. The Bertz CT molecular complexity index is 780. The molecule has 5 aliphatic carbocycles. The first kappa shape index (κ1) is 22.7. The predicted octanol–water partition coefficient (Wildman–Crippen LogP) is 4.97. The number of nitrogens with one attached hydrogen (secondary N) is 1. The van der Waals surface area contributed by atoms with Gasteiger partial charge < -0.3 is 9.88 Å². The molecule has 5 saturated carbocycles. The molecule has 0 aromatic carbocycles. The molecule has 4 bridgehead atoms. The van der Waals surface area contributed by atoms with Gasteiger partial charge in [-0.05, 0) is 89.6 Å². The van der Waals surface area contributed by atoms with Crippen molar-refractivity contribution >= 4 is 17.7 Å². The molecule has 5 fully saturated rings. The minimum absolute atomic E-state index is 0.0901. The molecule has 0 unspecified atom stereocenters. The molecule has 1 aromatic heterocycles. The molecule has 6 nitrogen and oxygen atoms in total. The molecule has 1 heterocycles. The second-order valence-corrected chi connectivity index (χ2v) is 12.4. The van der Waals surface area contributed by atoms with Crippen LogP contribution in [0.15, 0.2) is 5.16 Å². The Morgan fingerprint density at radius 3 is 2.28 bits per heavy atom. The van der Waals surface area contributed by atoms with Gasteiger partial charge in [0.15, 0.2) is 11.0 Å². The number of carbonyl (C=O) groups excluding carboxylic acids is 1. The highest BCUT2D eigenvalue weighted by atomic mass is 32.2. The van der Waals surface area contributed by atoms with E-state index in [9.17, 15) is 4.79 Å². The van der Waals surface area contributed by atoms with Crippen LogP contribution in [0.5, 0.6) is 0 Å². The minimum Gasteiger partial charge on any atom is -0.350 e. The maximum Gasteiger partial charge on any atom is 0.230 e. The Balaban J connectivity index is 1.28. The molecule has 1 atom stereocenters. The SMILES string of the molecule is CC[C@@H](c1nnc(SCC(=O)NC23CC4CC(CC(C4)C2)C3)n1C1CCCCC1)N(C)C. The van der Waals surface area contributed by atoms with Crippen LogP contribution in [0.2, 0.25) is 0 Å². The van der Waals surface area contributed by atoms with Gasteiger partial charge in [-0.1, -0.05) is 37.9 Å². The molecule has 32 heavy (non-hydrogen) atoms. The van der Waals surface area contributed by atoms with E-state index in [1.54, 1.807) is 11.8 Å². The van der Waals surface area contributed by atoms with Crippen molar-refractivity contribution in [1.29, 1.82) is 0 Å². The number of hydrogen-bond donors (Lipinski definition) is 1. The van der Waals surface area contributed by atoms with Gasteiger partial charge in [-0.25, -0.2) is 0 Å². The highest BCUT2D eigenvalue weighted by molar-refractivity contribution is 7.99. The number of carbonyl (C=O) groups is 1. The molecular weight excluding hydrogens is 418 g/mol. The second-order valence-electron chi connectivity index (χ2n) is 11.4. The fourth-order valence-electron chi connectivity index (χ4n) is 7.80. The Kier molecular flexibility index (Phi) is 6.58. The summed E-state index contributed by atoms with van der Waals surface area (Å²) in [6, 6.07) is 0.732. The first-order valence-electron chi connectivity index (χ1n) is 13.0. The van der Waals surface area contributed by atoms with Crippen molar-refractivity contribution < 1.29 is 4.79 Å². The van der Waals surface area contributed by atoms with E-state index in [-0.39, 0.29) is 17.5 Å². The van der Waals surface area contributed by atoms with E-state index in [1.807, 2.05) is 0 Å². The summed E-state index contributed by atoms with van der Waals surface area (Å²) in [6.45, 7) is 2.22. The van der Waals surface area contributed by atoms with Gasteiger partial charge in [-0.15, -0.1) is 10.2 Å². The normalized spacial score (nSPS) is 33.1. The first-order valence-corrected chi connectivity index (χ1v) is 14.0. The molecule has 0 radical (unpaired) electrons. The maximum atomic E-state index is 13.1. The lowest BCUT2D eigenvalue weighted by atomic mass is 9.53. The van der Waals surface area contributed by atoms with Gasteiger partial charge in [0.05, 0.1) is 11.8 Å². The summed E-state index contributed by atoms with van der Waals surface area (Å²) in [5.41, 5.74) is 0.0901. The highest BCUT2D eigenvalue weighted by Gasteiger charge is 2.51. The second kappa shape index (κ2) is 9.28. The number of amides is 1. The van der Waals surface area contributed by atoms with Crippen molar-refractivity contribution in [1.82, 2.24) is 25.0 Å². The molecule has 6 rings (SSSR count). The molecule has 5 aliphatic rings. The zero-order valence-electron chi connectivity index (χ0n) is 20.2. The van der Waals surface area contributed by atoms with Crippen LogP contribution in [0, 0.1) is 17.8 Å². The molecule has 1 N–H and O–H groups in total. The van der Waals surface area contributed by atoms with Gasteiger partial charge in [0, 0.05) is 11.6 Å². The van der Waals surface area contributed by atoms with E-state index in [2.05, 4.69) is 46.0 Å². The van der Waals surface area contributed by atoms with Gasteiger partial charge in [-0.2, -0.15) is 0 Å². The van der Waals surface area contributed by atoms with Crippen LogP contribution in [0.3, 0.4) is 0 Å². The van der Waals surface area contributed by atoms with E-state index in [1.165, 1.54) is 70.6 Å². The lowest BCUT2D eigenvalue weighted by molar-refractivity contribution is -0.124. The van der Waals surface area contributed by atoms with E-state index >= 15 is 0 Å². The van der Waals surface area contributed by atoms with Gasteiger partial charge in [0.1, 0.15) is 0 Å². The van der Waals surface area contributed by atoms with Gasteiger partial charge >= 0.3 is 0 Å². The van der Waals surface area contributed by atoms with Crippen molar-refractivity contribution in [3.8, 4) is 0 Å². The van der Waals surface area contributed by atoms with Gasteiger partial charge in [0.25, 0.3) is 0 Å². The fraction of sp³-hybridized carbons (Fsp3) is 0.880. The molecule has 0 aliphatic heterocycles. The largest absolute Gasteiger partial charge is 0.350 e. The van der Waals surface area contributed by atoms with Crippen LogP contribution in [-0.2, 0) is 4.79 Å². The summed E-state index contributed by atoms with van der Waals surface area (Å²) in [7, 11) is 4.25. The molecule has 178 valence electrons. The Morgan fingerprint density at radius 1 is 1.09 bits per heavy atom. The average molecular weight is 460 g/mol. The van der Waals surface area contributed by atoms with Gasteiger partial charge in [0.2, 0.25) is 5.91 Å². The van der Waals surface area contributed by atoms with Crippen LogP contribution in [0.4, 0.5) is 0 Å². The Hall–Kier alpha value is -1.08. The predicted molar refractivity (Wildman–Crippen MR) is 129 cm³/mol. The Labute approximate surface area is 197 Å². The summed E-state index contributed by atoms with van der Waals surface area (Å²) in [4.78, 5) is 15.3. The van der Waals surface area contributed by atoms with Crippen molar-refractivity contribution in [2.45, 2.75) is 107 Å². The third-order valence-electron chi connectivity index (χ3n) is 8.71. The van der Waals surface area contributed by atoms with E-state index in [0.717, 1.165) is 35.2 Å². The number of hydrogen-bond acceptors (Lipinski definition) is 5. The molecule has 1 amide bonds. The van der Waals surface area contributed by atoms with Crippen molar-refractivity contribution in [2.24, 2.45) is 17.8 Å². The fourth-order valence-corrected chi connectivity index (χ4v) is 8.61. The van der Waals surface area contributed by atoms with Crippen LogP contribution in [-0.4, -0.2) is 51.0 Å². The van der Waals surface area contributed by atoms with Crippen molar-refractivity contribution in [3.05, 3.63) is 5.82 Å². The summed E-state index contributed by atoms with van der Waals surface area (Å²) >= 11 is 1.60.